The third-order valence-corrected chi connectivity index (χ3v) is 3.60. The van der Waals surface area contributed by atoms with Crippen LogP contribution in [0.2, 0.25) is 0 Å². The Morgan fingerprint density at radius 3 is 3.10 bits per heavy atom. The topological polar surface area (TPSA) is 42.2 Å². The van der Waals surface area contributed by atoms with Gasteiger partial charge in [0, 0.05) is 19.5 Å². The van der Waals surface area contributed by atoms with Crippen LogP contribution in [0.4, 0.5) is 4.39 Å². The van der Waals surface area contributed by atoms with E-state index in [9.17, 15) is 4.39 Å². The van der Waals surface area contributed by atoms with Gasteiger partial charge in [-0.15, -0.1) is 0 Å². The summed E-state index contributed by atoms with van der Waals surface area (Å²) < 4.78 is 18.4. The third-order valence-electron chi connectivity index (χ3n) is 3.60. The minimum Gasteiger partial charge on any atom is -0.339 e. The van der Waals surface area contributed by atoms with Crippen LogP contribution in [0.25, 0.3) is 0 Å². The van der Waals surface area contributed by atoms with Gasteiger partial charge in [-0.3, -0.25) is 4.90 Å². The first-order valence-electron chi connectivity index (χ1n) is 7.05. The summed E-state index contributed by atoms with van der Waals surface area (Å²) in [5.74, 6) is 1.29. The molecule has 0 aliphatic carbocycles. The highest BCUT2D eigenvalue weighted by Gasteiger charge is 2.18. The summed E-state index contributed by atoms with van der Waals surface area (Å²) in [5.41, 5.74) is 2.30. The second-order valence-corrected chi connectivity index (χ2v) is 5.23. The lowest BCUT2D eigenvalue weighted by atomic mass is 10.00. The minimum absolute atomic E-state index is 0.153. The molecule has 1 aliphatic heterocycles. The van der Waals surface area contributed by atoms with Crippen LogP contribution in [-0.4, -0.2) is 21.6 Å². The predicted molar refractivity (Wildman–Crippen MR) is 72.5 cm³/mol. The summed E-state index contributed by atoms with van der Waals surface area (Å²) in [6.45, 7) is 4.48. The largest absolute Gasteiger partial charge is 0.339 e. The molecule has 106 valence electrons. The van der Waals surface area contributed by atoms with Crippen LogP contribution in [0.15, 0.2) is 22.7 Å². The molecular formula is C15H18FN3O. The second-order valence-electron chi connectivity index (χ2n) is 5.23. The van der Waals surface area contributed by atoms with Crippen molar-refractivity contribution >= 4 is 0 Å². The van der Waals surface area contributed by atoms with Crippen LogP contribution in [0.3, 0.4) is 0 Å². The van der Waals surface area contributed by atoms with Gasteiger partial charge in [-0.1, -0.05) is 18.1 Å². The fourth-order valence-corrected chi connectivity index (χ4v) is 2.58. The standard InChI is InChI=1S/C15H18FN3O/c1-2-3-15-17-14(18-20-15)10-19-7-6-11-8-13(16)5-4-12(11)9-19/h4-5,8H,2-3,6-7,9-10H2,1H3. The van der Waals surface area contributed by atoms with Crippen LogP contribution >= 0.6 is 0 Å². The molecule has 0 amide bonds. The quantitative estimate of drug-likeness (QED) is 0.860. The Morgan fingerprint density at radius 2 is 2.25 bits per heavy atom. The third kappa shape index (κ3) is 2.88. The monoisotopic (exact) mass is 275 g/mol. The summed E-state index contributed by atoms with van der Waals surface area (Å²) in [6, 6.07) is 5.03. The molecule has 0 saturated heterocycles. The number of aryl methyl sites for hydroxylation is 1. The fourth-order valence-electron chi connectivity index (χ4n) is 2.58. The van der Waals surface area contributed by atoms with Crippen LogP contribution in [0, 0.1) is 5.82 Å². The van der Waals surface area contributed by atoms with Gasteiger partial charge in [0.25, 0.3) is 0 Å². The van der Waals surface area contributed by atoms with Gasteiger partial charge in [-0.2, -0.15) is 4.98 Å². The number of benzene rings is 1. The molecule has 0 saturated carbocycles. The molecule has 20 heavy (non-hydrogen) atoms. The van der Waals surface area contributed by atoms with Gasteiger partial charge in [-0.25, -0.2) is 4.39 Å². The number of nitrogens with zero attached hydrogens (tertiary/aromatic N) is 3. The normalized spacial score (nSPS) is 15.3. The van der Waals surface area contributed by atoms with Crippen molar-refractivity contribution in [3.63, 3.8) is 0 Å². The number of rotatable bonds is 4. The molecule has 5 heteroatoms. The number of hydrogen-bond acceptors (Lipinski definition) is 4. The lowest BCUT2D eigenvalue weighted by Crippen LogP contribution is -2.30. The summed E-state index contributed by atoms with van der Waals surface area (Å²) >= 11 is 0. The first-order chi connectivity index (χ1) is 9.74. The zero-order valence-electron chi connectivity index (χ0n) is 11.6. The Morgan fingerprint density at radius 1 is 1.35 bits per heavy atom. The van der Waals surface area contributed by atoms with Gasteiger partial charge >= 0.3 is 0 Å². The molecule has 0 atom stereocenters. The zero-order valence-corrected chi connectivity index (χ0v) is 11.6. The Kier molecular flexibility index (Phi) is 3.78. The summed E-state index contributed by atoms with van der Waals surface area (Å²) in [5, 5.41) is 4.01. The molecule has 0 radical (unpaired) electrons. The van der Waals surface area contributed by atoms with Crippen LogP contribution in [0.1, 0.15) is 36.2 Å². The van der Waals surface area contributed by atoms with E-state index >= 15 is 0 Å². The van der Waals surface area contributed by atoms with E-state index in [1.165, 1.54) is 11.6 Å². The maximum absolute atomic E-state index is 13.2. The van der Waals surface area contributed by atoms with Crippen LogP contribution < -0.4 is 0 Å². The van der Waals surface area contributed by atoms with E-state index in [1.807, 2.05) is 6.07 Å². The molecule has 2 heterocycles. The Balaban J connectivity index is 1.66. The van der Waals surface area contributed by atoms with Gasteiger partial charge in [0.2, 0.25) is 5.89 Å². The van der Waals surface area contributed by atoms with E-state index in [-0.39, 0.29) is 5.82 Å². The van der Waals surface area contributed by atoms with E-state index in [0.717, 1.165) is 43.7 Å². The first-order valence-corrected chi connectivity index (χ1v) is 7.05. The predicted octanol–water partition coefficient (Wildman–Crippen LogP) is 2.72. The number of halogens is 1. The van der Waals surface area contributed by atoms with Crippen molar-refractivity contribution in [3.05, 3.63) is 46.9 Å². The molecule has 2 aromatic rings. The summed E-state index contributed by atoms with van der Waals surface area (Å²) in [4.78, 5) is 6.65. The van der Waals surface area contributed by atoms with E-state index in [2.05, 4.69) is 22.0 Å². The summed E-state index contributed by atoms with van der Waals surface area (Å²) in [7, 11) is 0. The SMILES string of the molecule is CCCc1nc(CN2CCc3cc(F)ccc3C2)no1. The molecule has 0 spiro atoms. The van der Waals surface area contributed by atoms with Crippen molar-refractivity contribution < 1.29 is 8.91 Å². The Hall–Kier alpha value is -1.75. The molecule has 1 aromatic carbocycles. The second kappa shape index (κ2) is 5.71. The Labute approximate surface area is 117 Å². The molecule has 0 fully saturated rings. The highest BCUT2D eigenvalue weighted by Crippen LogP contribution is 2.21. The molecule has 0 bridgehead atoms. The molecular weight excluding hydrogens is 257 g/mol. The van der Waals surface area contributed by atoms with Crippen LogP contribution in [0.5, 0.6) is 0 Å². The first kappa shape index (κ1) is 13.2. The smallest absolute Gasteiger partial charge is 0.226 e. The van der Waals surface area contributed by atoms with Crippen molar-refractivity contribution in [2.24, 2.45) is 0 Å². The van der Waals surface area contributed by atoms with E-state index in [1.54, 1.807) is 6.07 Å². The number of fused-ring (bicyclic) bond motifs is 1. The van der Waals surface area contributed by atoms with Gasteiger partial charge in [-0.05, 0) is 36.1 Å². The molecule has 3 rings (SSSR count). The highest BCUT2D eigenvalue weighted by atomic mass is 19.1. The van der Waals surface area contributed by atoms with Gasteiger partial charge < -0.3 is 4.52 Å². The van der Waals surface area contributed by atoms with Crippen molar-refractivity contribution in [2.45, 2.75) is 39.3 Å². The highest BCUT2D eigenvalue weighted by molar-refractivity contribution is 5.29. The lowest BCUT2D eigenvalue weighted by Gasteiger charge is -2.27. The number of hydrogen-bond donors (Lipinski definition) is 0. The van der Waals surface area contributed by atoms with Crippen molar-refractivity contribution in [1.29, 1.82) is 0 Å². The molecule has 1 aliphatic rings. The van der Waals surface area contributed by atoms with E-state index in [0.29, 0.717) is 12.4 Å². The number of aromatic nitrogens is 2. The molecule has 0 unspecified atom stereocenters. The zero-order chi connectivity index (χ0) is 13.9. The van der Waals surface area contributed by atoms with Gasteiger partial charge in [0.15, 0.2) is 5.82 Å². The molecule has 4 nitrogen and oxygen atoms in total. The van der Waals surface area contributed by atoms with Gasteiger partial charge in [0.05, 0.1) is 6.54 Å². The summed E-state index contributed by atoms with van der Waals surface area (Å²) in [6.07, 6.45) is 2.70. The molecule has 1 aromatic heterocycles. The van der Waals surface area contributed by atoms with Gasteiger partial charge in [0.1, 0.15) is 5.82 Å². The fraction of sp³-hybridized carbons (Fsp3) is 0.467. The maximum Gasteiger partial charge on any atom is 0.226 e. The van der Waals surface area contributed by atoms with Crippen molar-refractivity contribution in [3.8, 4) is 0 Å². The van der Waals surface area contributed by atoms with Crippen LogP contribution in [-0.2, 0) is 25.9 Å². The van der Waals surface area contributed by atoms with Crippen molar-refractivity contribution in [1.82, 2.24) is 15.0 Å². The average molecular weight is 275 g/mol. The minimum atomic E-state index is -0.153. The maximum atomic E-state index is 13.2. The molecule has 0 N–H and O–H groups in total. The lowest BCUT2D eigenvalue weighted by molar-refractivity contribution is 0.235. The van der Waals surface area contributed by atoms with E-state index in [4.69, 9.17) is 4.52 Å². The Bertz CT molecular complexity index is 597. The van der Waals surface area contributed by atoms with Crippen molar-refractivity contribution in [2.75, 3.05) is 6.54 Å². The average Bonchev–Trinajstić information content (AvgIpc) is 2.87. The van der Waals surface area contributed by atoms with E-state index < -0.39 is 0 Å².